The van der Waals surface area contributed by atoms with Crippen LogP contribution < -0.4 is 11.1 Å². The van der Waals surface area contributed by atoms with E-state index in [1.165, 1.54) is 30.6 Å². The van der Waals surface area contributed by atoms with E-state index in [1.807, 2.05) is 30.0 Å². The van der Waals surface area contributed by atoms with Crippen molar-refractivity contribution in [3.8, 4) is 0 Å². The molecule has 0 aliphatic heterocycles. The fourth-order valence-corrected chi connectivity index (χ4v) is 4.73. The summed E-state index contributed by atoms with van der Waals surface area (Å²) in [6, 6.07) is 8.19. The maximum atomic E-state index is 12.4. The van der Waals surface area contributed by atoms with Crippen molar-refractivity contribution < 1.29 is 4.79 Å². The van der Waals surface area contributed by atoms with E-state index in [2.05, 4.69) is 11.4 Å². The van der Waals surface area contributed by atoms with Gasteiger partial charge in [-0.3, -0.25) is 4.79 Å². The van der Waals surface area contributed by atoms with Crippen molar-refractivity contribution in [3.05, 3.63) is 24.3 Å². The minimum Gasteiger partial charge on any atom is -0.327 e. The predicted octanol–water partition coefficient (Wildman–Crippen LogP) is 3.79. The topological polar surface area (TPSA) is 55.1 Å². The fourth-order valence-electron chi connectivity index (χ4n) is 3.40. The summed E-state index contributed by atoms with van der Waals surface area (Å²) in [7, 11) is 0. The predicted molar refractivity (Wildman–Crippen MR) is 88.5 cm³/mol. The summed E-state index contributed by atoms with van der Waals surface area (Å²) in [5.74, 6) is 0.0778. The van der Waals surface area contributed by atoms with Crippen molar-refractivity contribution in [1.82, 2.24) is 0 Å². The lowest BCUT2D eigenvalue weighted by molar-refractivity contribution is -0.120. The molecule has 2 fully saturated rings. The Morgan fingerprint density at radius 1 is 1.10 bits per heavy atom. The Hall–Kier alpha value is -1.00. The lowest BCUT2D eigenvalue weighted by Crippen LogP contribution is -2.34. The lowest BCUT2D eigenvalue weighted by atomic mass is 10.0. The molecule has 2 atom stereocenters. The quantitative estimate of drug-likeness (QED) is 0.890. The van der Waals surface area contributed by atoms with Crippen LogP contribution in [-0.2, 0) is 4.79 Å². The molecule has 114 valence electrons. The second kappa shape index (κ2) is 6.84. The van der Waals surface area contributed by atoms with E-state index in [9.17, 15) is 4.79 Å². The van der Waals surface area contributed by atoms with Gasteiger partial charge in [-0.1, -0.05) is 31.4 Å². The van der Waals surface area contributed by atoms with E-state index in [4.69, 9.17) is 5.73 Å². The number of amides is 1. The van der Waals surface area contributed by atoms with Crippen molar-refractivity contribution in [1.29, 1.82) is 0 Å². The van der Waals surface area contributed by atoms with Crippen molar-refractivity contribution in [2.24, 2.45) is 11.7 Å². The zero-order valence-electron chi connectivity index (χ0n) is 12.4. The average Bonchev–Trinajstić information content (AvgIpc) is 3.12. The van der Waals surface area contributed by atoms with Crippen LogP contribution in [0.3, 0.4) is 0 Å². The van der Waals surface area contributed by atoms with Crippen LogP contribution in [0.5, 0.6) is 0 Å². The van der Waals surface area contributed by atoms with Crippen molar-refractivity contribution in [3.63, 3.8) is 0 Å². The number of anilines is 1. The van der Waals surface area contributed by atoms with E-state index in [-0.39, 0.29) is 17.9 Å². The number of benzene rings is 1. The Bertz CT molecular complexity index is 499. The van der Waals surface area contributed by atoms with Crippen LogP contribution in [0.15, 0.2) is 29.2 Å². The first-order valence-corrected chi connectivity index (χ1v) is 8.94. The minimum atomic E-state index is -0.0189. The van der Waals surface area contributed by atoms with E-state index >= 15 is 0 Å². The number of hydrogen-bond donors (Lipinski definition) is 2. The first kappa shape index (κ1) is 14.9. The van der Waals surface area contributed by atoms with Crippen LogP contribution in [0, 0.1) is 5.92 Å². The Kier molecular flexibility index (Phi) is 4.86. The average molecular weight is 304 g/mol. The summed E-state index contributed by atoms with van der Waals surface area (Å²) in [4.78, 5) is 13.6. The summed E-state index contributed by atoms with van der Waals surface area (Å²) in [5, 5.41) is 3.82. The molecule has 0 spiro atoms. The number of hydrogen-bond acceptors (Lipinski definition) is 3. The number of carbonyl (C=O) groups is 1. The SMILES string of the molecule is NC1CCCC1C(=O)Nc1ccccc1SC1CCCC1. The van der Waals surface area contributed by atoms with Gasteiger partial charge in [-0.15, -0.1) is 11.8 Å². The van der Waals surface area contributed by atoms with Crippen molar-refractivity contribution >= 4 is 23.4 Å². The van der Waals surface area contributed by atoms with Gasteiger partial charge in [-0.25, -0.2) is 0 Å². The molecule has 0 saturated heterocycles. The number of thioether (sulfide) groups is 1. The standard InChI is InChI=1S/C17H24N2OS/c18-14-9-5-8-13(14)17(20)19-15-10-3-4-11-16(15)21-12-6-1-2-7-12/h3-4,10-14H,1-2,5-9,18H2,(H,19,20). The monoisotopic (exact) mass is 304 g/mol. The van der Waals surface area contributed by atoms with Gasteiger partial charge in [-0.05, 0) is 37.8 Å². The van der Waals surface area contributed by atoms with E-state index < -0.39 is 0 Å². The van der Waals surface area contributed by atoms with Gasteiger partial charge >= 0.3 is 0 Å². The summed E-state index contributed by atoms with van der Waals surface area (Å²) in [6.45, 7) is 0. The molecule has 3 rings (SSSR count). The van der Waals surface area contributed by atoms with Crippen LogP contribution >= 0.6 is 11.8 Å². The van der Waals surface area contributed by atoms with E-state index in [0.717, 1.165) is 24.9 Å². The van der Waals surface area contributed by atoms with Crippen LogP contribution in [0.1, 0.15) is 44.9 Å². The molecule has 21 heavy (non-hydrogen) atoms. The molecule has 1 amide bonds. The third kappa shape index (κ3) is 3.61. The first-order valence-electron chi connectivity index (χ1n) is 8.06. The highest BCUT2D eigenvalue weighted by Gasteiger charge is 2.30. The highest BCUT2D eigenvalue weighted by atomic mass is 32.2. The lowest BCUT2D eigenvalue weighted by Gasteiger charge is -2.18. The van der Waals surface area contributed by atoms with E-state index in [0.29, 0.717) is 5.25 Å². The molecular weight excluding hydrogens is 280 g/mol. The molecule has 3 nitrogen and oxygen atoms in total. The molecule has 0 aromatic heterocycles. The Morgan fingerprint density at radius 2 is 1.86 bits per heavy atom. The third-order valence-electron chi connectivity index (χ3n) is 4.65. The van der Waals surface area contributed by atoms with Crippen LogP contribution in [0.2, 0.25) is 0 Å². The summed E-state index contributed by atoms with van der Waals surface area (Å²) in [5.41, 5.74) is 6.99. The molecule has 2 saturated carbocycles. The maximum absolute atomic E-state index is 12.4. The largest absolute Gasteiger partial charge is 0.327 e. The Morgan fingerprint density at radius 3 is 2.57 bits per heavy atom. The zero-order valence-corrected chi connectivity index (χ0v) is 13.2. The molecule has 1 aromatic rings. The van der Waals surface area contributed by atoms with Crippen molar-refractivity contribution in [2.45, 2.75) is 61.1 Å². The van der Waals surface area contributed by atoms with Gasteiger partial charge in [0.15, 0.2) is 0 Å². The zero-order chi connectivity index (χ0) is 14.7. The molecule has 2 aliphatic rings. The van der Waals surface area contributed by atoms with Gasteiger partial charge in [0.05, 0.1) is 11.6 Å². The second-order valence-corrected chi connectivity index (χ2v) is 7.55. The van der Waals surface area contributed by atoms with E-state index in [1.54, 1.807) is 0 Å². The Labute approximate surface area is 131 Å². The third-order valence-corrected chi connectivity index (χ3v) is 6.06. The van der Waals surface area contributed by atoms with Gasteiger partial charge in [0.1, 0.15) is 0 Å². The molecule has 3 N–H and O–H groups in total. The van der Waals surface area contributed by atoms with Gasteiger partial charge in [-0.2, -0.15) is 0 Å². The number of nitrogens with two attached hydrogens (primary N) is 1. The number of nitrogens with one attached hydrogen (secondary N) is 1. The number of rotatable bonds is 4. The molecule has 0 radical (unpaired) electrons. The number of carbonyl (C=O) groups excluding carboxylic acids is 1. The molecule has 1 aromatic carbocycles. The molecule has 2 unspecified atom stereocenters. The van der Waals surface area contributed by atoms with Crippen LogP contribution in [0.25, 0.3) is 0 Å². The molecular formula is C17H24N2OS. The highest BCUT2D eigenvalue weighted by molar-refractivity contribution is 8.00. The first-order chi connectivity index (χ1) is 10.2. The van der Waals surface area contributed by atoms with Gasteiger partial charge in [0.2, 0.25) is 5.91 Å². The molecule has 4 heteroatoms. The maximum Gasteiger partial charge on any atom is 0.229 e. The minimum absolute atomic E-state index is 0.0189. The second-order valence-electron chi connectivity index (χ2n) is 6.21. The summed E-state index contributed by atoms with van der Waals surface area (Å²) in [6.07, 6.45) is 8.21. The Balaban J connectivity index is 1.68. The molecule has 2 aliphatic carbocycles. The molecule has 0 bridgehead atoms. The summed E-state index contributed by atoms with van der Waals surface area (Å²) >= 11 is 1.92. The van der Waals surface area contributed by atoms with Gasteiger partial charge < -0.3 is 11.1 Å². The van der Waals surface area contributed by atoms with Crippen LogP contribution in [0.4, 0.5) is 5.69 Å². The number of para-hydroxylation sites is 1. The fraction of sp³-hybridized carbons (Fsp3) is 0.588. The van der Waals surface area contributed by atoms with Crippen LogP contribution in [-0.4, -0.2) is 17.2 Å². The summed E-state index contributed by atoms with van der Waals surface area (Å²) < 4.78 is 0. The smallest absolute Gasteiger partial charge is 0.229 e. The van der Waals surface area contributed by atoms with Gasteiger partial charge in [0, 0.05) is 16.2 Å². The molecule has 0 heterocycles. The highest BCUT2D eigenvalue weighted by Crippen LogP contribution is 2.38. The normalized spacial score (nSPS) is 26.1. The van der Waals surface area contributed by atoms with Crippen molar-refractivity contribution in [2.75, 3.05) is 5.32 Å². The van der Waals surface area contributed by atoms with Gasteiger partial charge in [0.25, 0.3) is 0 Å².